The number of halogens is 1. The number of carbonyl (C=O) groups is 1. The maximum Gasteiger partial charge on any atom is 0.159 e. The van der Waals surface area contributed by atoms with Gasteiger partial charge in [0.25, 0.3) is 0 Å². The number of anilines is 1. The average Bonchev–Trinajstić information content (AvgIpc) is 2.21. The molecule has 0 heterocycles. The number of nitrogens with zero attached hydrogens (tertiary/aromatic N) is 1. The fourth-order valence-corrected chi connectivity index (χ4v) is 1.85. The highest BCUT2D eigenvalue weighted by Crippen LogP contribution is 2.26. The molecule has 82 valence electrons. The summed E-state index contributed by atoms with van der Waals surface area (Å²) in [6.07, 6.45) is 0. The molecule has 1 aromatic carbocycles. The molecular weight excluding hydrogens is 210 g/mol. The molecule has 0 atom stereocenters. The van der Waals surface area contributed by atoms with Crippen molar-refractivity contribution >= 4 is 23.1 Å². The van der Waals surface area contributed by atoms with Crippen molar-refractivity contribution in [3.8, 4) is 0 Å². The lowest BCUT2D eigenvalue weighted by molar-refractivity contribution is 0.101. The molecule has 0 aliphatic carbocycles. The number of hydrogen-bond acceptors (Lipinski definition) is 2. The molecule has 0 aromatic heterocycles. The van der Waals surface area contributed by atoms with Crippen LogP contribution < -0.4 is 4.90 Å². The van der Waals surface area contributed by atoms with Crippen LogP contribution in [0.4, 0.5) is 5.69 Å². The first-order valence-corrected chi connectivity index (χ1v) is 5.53. The molecule has 0 saturated heterocycles. The molecule has 0 bridgehead atoms. The Morgan fingerprint density at radius 3 is 2.33 bits per heavy atom. The molecule has 0 unspecified atom stereocenters. The van der Waals surface area contributed by atoms with Crippen LogP contribution in [0.15, 0.2) is 18.2 Å². The Kier molecular flexibility index (Phi) is 4.15. The topological polar surface area (TPSA) is 20.3 Å². The van der Waals surface area contributed by atoms with Gasteiger partial charge in [-0.05, 0) is 39.0 Å². The third-order valence-electron chi connectivity index (χ3n) is 2.46. The van der Waals surface area contributed by atoms with E-state index in [-0.39, 0.29) is 5.78 Å². The molecule has 0 saturated carbocycles. The SMILES string of the molecule is CCN(CC)c1ccc(C(C)=O)cc1Cl. The van der Waals surface area contributed by atoms with Crippen molar-refractivity contribution in [1.82, 2.24) is 0 Å². The molecule has 0 spiro atoms. The molecule has 0 N–H and O–H groups in total. The third kappa shape index (κ3) is 2.72. The van der Waals surface area contributed by atoms with Gasteiger partial charge in [-0.3, -0.25) is 4.79 Å². The lowest BCUT2D eigenvalue weighted by Gasteiger charge is -2.22. The van der Waals surface area contributed by atoms with E-state index in [1.807, 2.05) is 12.1 Å². The molecule has 0 radical (unpaired) electrons. The molecule has 0 fully saturated rings. The minimum Gasteiger partial charge on any atom is -0.371 e. The lowest BCUT2D eigenvalue weighted by Crippen LogP contribution is -2.22. The van der Waals surface area contributed by atoms with E-state index >= 15 is 0 Å². The minimum absolute atomic E-state index is 0.0444. The highest BCUT2D eigenvalue weighted by Gasteiger charge is 2.08. The van der Waals surface area contributed by atoms with Gasteiger partial charge < -0.3 is 4.90 Å². The zero-order valence-corrected chi connectivity index (χ0v) is 10.1. The Morgan fingerprint density at radius 1 is 1.33 bits per heavy atom. The van der Waals surface area contributed by atoms with Gasteiger partial charge in [0.05, 0.1) is 10.7 Å². The van der Waals surface area contributed by atoms with Gasteiger partial charge in [-0.2, -0.15) is 0 Å². The molecule has 1 aromatic rings. The predicted molar refractivity (Wildman–Crippen MR) is 65.0 cm³/mol. The number of carbonyl (C=O) groups excluding carboxylic acids is 1. The second kappa shape index (κ2) is 5.17. The number of rotatable bonds is 4. The summed E-state index contributed by atoms with van der Waals surface area (Å²) in [7, 11) is 0. The molecule has 1 rings (SSSR count). The van der Waals surface area contributed by atoms with E-state index in [9.17, 15) is 4.79 Å². The molecule has 0 aliphatic heterocycles. The van der Waals surface area contributed by atoms with E-state index in [0.29, 0.717) is 10.6 Å². The van der Waals surface area contributed by atoms with E-state index in [4.69, 9.17) is 11.6 Å². The first-order chi connectivity index (χ1) is 7.10. The van der Waals surface area contributed by atoms with E-state index < -0.39 is 0 Å². The van der Waals surface area contributed by atoms with E-state index in [0.717, 1.165) is 18.8 Å². The summed E-state index contributed by atoms with van der Waals surface area (Å²) in [5.74, 6) is 0.0444. The fourth-order valence-electron chi connectivity index (χ4n) is 1.55. The van der Waals surface area contributed by atoms with Crippen LogP contribution in [0.25, 0.3) is 0 Å². The molecule has 0 amide bonds. The van der Waals surface area contributed by atoms with Gasteiger partial charge in [0.15, 0.2) is 5.78 Å². The summed E-state index contributed by atoms with van der Waals surface area (Å²) in [5, 5.41) is 0.645. The molecule has 15 heavy (non-hydrogen) atoms. The van der Waals surface area contributed by atoms with E-state index in [2.05, 4.69) is 18.7 Å². The van der Waals surface area contributed by atoms with Crippen LogP contribution in [0.3, 0.4) is 0 Å². The first kappa shape index (κ1) is 12.1. The van der Waals surface area contributed by atoms with Crippen molar-refractivity contribution in [2.24, 2.45) is 0 Å². The van der Waals surface area contributed by atoms with Gasteiger partial charge in [0, 0.05) is 18.7 Å². The summed E-state index contributed by atoms with van der Waals surface area (Å²) in [6.45, 7) is 7.53. The Bertz CT molecular complexity index is 359. The fraction of sp³-hybridized carbons (Fsp3) is 0.417. The summed E-state index contributed by atoms with van der Waals surface area (Å²) in [5.41, 5.74) is 1.66. The standard InChI is InChI=1S/C12H16ClNO/c1-4-14(5-2)12-7-6-10(9(3)15)8-11(12)13/h6-8H,4-5H2,1-3H3. The van der Waals surface area contributed by atoms with Crippen molar-refractivity contribution in [3.63, 3.8) is 0 Å². The smallest absolute Gasteiger partial charge is 0.159 e. The Morgan fingerprint density at radius 2 is 1.93 bits per heavy atom. The quantitative estimate of drug-likeness (QED) is 0.733. The number of ketones is 1. The summed E-state index contributed by atoms with van der Waals surface area (Å²) >= 11 is 6.13. The van der Waals surface area contributed by atoms with Crippen LogP contribution in [0, 0.1) is 0 Å². The van der Waals surface area contributed by atoms with Gasteiger partial charge in [-0.15, -0.1) is 0 Å². The van der Waals surface area contributed by atoms with Crippen LogP contribution in [-0.4, -0.2) is 18.9 Å². The van der Waals surface area contributed by atoms with Crippen molar-refractivity contribution in [2.75, 3.05) is 18.0 Å². The zero-order chi connectivity index (χ0) is 11.4. The number of benzene rings is 1. The van der Waals surface area contributed by atoms with Crippen LogP contribution in [0.5, 0.6) is 0 Å². The maximum atomic E-state index is 11.1. The largest absolute Gasteiger partial charge is 0.371 e. The number of Topliss-reactive ketones (excluding diaryl/α,β-unsaturated/α-hetero) is 1. The highest BCUT2D eigenvalue weighted by molar-refractivity contribution is 6.33. The van der Waals surface area contributed by atoms with Crippen molar-refractivity contribution in [1.29, 1.82) is 0 Å². The minimum atomic E-state index is 0.0444. The Labute approximate surface area is 95.8 Å². The van der Waals surface area contributed by atoms with E-state index in [1.165, 1.54) is 0 Å². The van der Waals surface area contributed by atoms with E-state index in [1.54, 1.807) is 13.0 Å². The van der Waals surface area contributed by atoms with Crippen molar-refractivity contribution in [3.05, 3.63) is 28.8 Å². The number of hydrogen-bond donors (Lipinski definition) is 0. The van der Waals surface area contributed by atoms with Gasteiger partial charge in [0.1, 0.15) is 0 Å². The van der Waals surface area contributed by atoms with Crippen LogP contribution in [0.1, 0.15) is 31.1 Å². The zero-order valence-electron chi connectivity index (χ0n) is 9.38. The van der Waals surface area contributed by atoms with Gasteiger partial charge in [-0.25, -0.2) is 0 Å². The lowest BCUT2D eigenvalue weighted by atomic mass is 10.1. The van der Waals surface area contributed by atoms with Crippen molar-refractivity contribution < 1.29 is 4.79 Å². The molecule has 0 aliphatic rings. The van der Waals surface area contributed by atoms with Gasteiger partial charge >= 0.3 is 0 Å². The molecule has 2 nitrogen and oxygen atoms in total. The third-order valence-corrected chi connectivity index (χ3v) is 2.76. The second-order valence-corrected chi connectivity index (χ2v) is 3.80. The maximum absolute atomic E-state index is 11.1. The van der Waals surface area contributed by atoms with Gasteiger partial charge in [-0.1, -0.05) is 11.6 Å². The van der Waals surface area contributed by atoms with Crippen LogP contribution in [-0.2, 0) is 0 Å². The Hall–Kier alpha value is -1.02. The van der Waals surface area contributed by atoms with Crippen LogP contribution in [0.2, 0.25) is 5.02 Å². The summed E-state index contributed by atoms with van der Waals surface area (Å²) in [4.78, 5) is 13.3. The predicted octanol–water partition coefficient (Wildman–Crippen LogP) is 3.39. The first-order valence-electron chi connectivity index (χ1n) is 5.15. The molecule has 3 heteroatoms. The average molecular weight is 226 g/mol. The summed E-state index contributed by atoms with van der Waals surface area (Å²) in [6, 6.07) is 5.46. The summed E-state index contributed by atoms with van der Waals surface area (Å²) < 4.78 is 0. The van der Waals surface area contributed by atoms with Crippen LogP contribution >= 0.6 is 11.6 Å². The van der Waals surface area contributed by atoms with Crippen molar-refractivity contribution in [2.45, 2.75) is 20.8 Å². The second-order valence-electron chi connectivity index (χ2n) is 3.39. The highest BCUT2D eigenvalue weighted by atomic mass is 35.5. The normalized spacial score (nSPS) is 10.1. The Balaban J connectivity index is 3.07. The molecular formula is C12H16ClNO. The van der Waals surface area contributed by atoms with Gasteiger partial charge in [0.2, 0.25) is 0 Å². The monoisotopic (exact) mass is 225 g/mol.